The van der Waals surface area contributed by atoms with Gasteiger partial charge in [-0.2, -0.15) is 0 Å². The number of nitrogens with zero attached hydrogens (tertiary/aromatic N) is 1. The van der Waals surface area contributed by atoms with E-state index in [2.05, 4.69) is 10.3 Å². The van der Waals surface area contributed by atoms with Crippen molar-refractivity contribution in [2.75, 3.05) is 12.4 Å². The van der Waals surface area contributed by atoms with Gasteiger partial charge in [0.15, 0.2) is 10.9 Å². The molecule has 0 aliphatic carbocycles. The Morgan fingerprint density at radius 3 is 2.53 bits per heavy atom. The number of ketones is 1. The Bertz CT molecular complexity index is 548. The first-order valence-electron chi connectivity index (χ1n) is 5.07. The summed E-state index contributed by atoms with van der Waals surface area (Å²) >= 11 is 1.30. The van der Waals surface area contributed by atoms with Crippen LogP contribution in [-0.2, 0) is 0 Å². The average molecular weight is 250 g/mol. The molecular formula is C12H11FN2OS. The topological polar surface area (TPSA) is 42.0 Å². The molecule has 17 heavy (non-hydrogen) atoms. The molecule has 1 N–H and O–H groups in total. The zero-order valence-corrected chi connectivity index (χ0v) is 10.3. The molecule has 0 amide bonds. The van der Waals surface area contributed by atoms with Crippen molar-refractivity contribution < 1.29 is 9.18 Å². The molecule has 3 nitrogen and oxygen atoms in total. The molecule has 0 aliphatic heterocycles. The summed E-state index contributed by atoms with van der Waals surface area (Å²) in [7, 11) is 1.75. The summed E-state index contributed by atoms with van der Waals surface area (Å²) in [5.41, 5.74) is 1.35. The largest absolute Gasteiger partial charge is 0.365 e. The van der Waals surface area contributed by atoms with Crippen LogP contribution in [0, 0.1) is 5.82 Å². The van der Waals surface area contributed by atoms with Gasteiger partial charge in [-0.25, -0.2) is 9.37 Å². The number of Topliss-reactive ketones (excluding diaryl/α,β-unsaturated/α-hetero) is 1. The number of benzene rings is 1. The summed E-state index contributed by atoms with van der Waals surface area (Å²) in [6.07, 6.45) is 0. The van der Waals surface area contributed by atoms with Crippen LogP contribution >= 0.6 is 11.3 Å². The van der Waals surface area contributed by atoms with Crippen LogP contribution in [-0.4, -0.2) is 17.8 Å². The number of hydrogen-bond acceptors (Lipinski definition) is 4. The third-order valence-corrected chi connectivity index (χ3v) is 3.45. The Labute approximate surface area is 102 Å². The summed E-state index contributed by atoms with van der Waals surface area (Å²) in [6.45, 7) is 1.50. The normalized spacial score (nSPS) is 10.3. The first kappa shape index (κ1) is 11.7. The fourth-order valence-electron chi connectivity index (χ4n) is 1.47. The molecule has 88 valence electrons. The quantitative estimate of drug-likeness (QED) is 0.851. The van der Waals surface area contributed by atoms with Crippen molar-refractivity contribution >= 4 is 22.3 Å². The Morgan fingerprint density at radius 2 is 2.00 bits per heavy atom. The van der Waals surface area contributed by atoms with Gasteiger partial charge < -0.3 is 5.32 Å². The molecule has 1 aromatic heterocycles. The van der Waals surface area contributed by atoms with Crippen LogP contribution in [0.3, 0.4) is 0 Å². The molecule has 2 aromatic rings. The molecular weight excluding hydrogens is 239 g/mol. The fourth-order valence-corrected chi connectivity index (χ4v) is 2.31. The molecule has 0 saturated heterocycles. The number of hydrogen-bond donors (Lipinski definition) is 1. The van der Waals surface area contributed by atoms with E-state index in [1.54, 1.807) is 19.2 Å². The maximum atomic E-state index is 12.8. The van der Waals surface area contributed by atoms with E-state index in [0.29, 0.717) is 15.7 Å². The van der Waals surface area contributed by atoms with Gasteiger partial charge in [-0.15, -0.1) is 0 Å². The number of rotatable bonds is 3. The van der Waals surface area contributed by atoms with E-state index in [4.69, 9.17) is 0 Å². The lowest BCUT2D eigenvalue weighted by molar-refractivity contribution is 0.102. The van der Waals surface area contributed by atoms with Crippen LogP contribution in [0.4, 0.5) is 9.52 Å². The third kappa shape index (κ3) is 2.34. The lowest BCUT2D eigenvalue weighted by Gasteiger charge is -1.98. The van der Waals surface area contributed by atoms with Crippen molar-refractivity contribution in [3.8, 4) is 11.3 Å². The van der Waals surface area contributed by atoms with Gasteiger partial charge in [0, 0.05) is 19.5 Å². The second-order valence-electron chi connectivity index (χ2n) is 3.51. The van der Waals surface area contributed by atoms with Crippen molar-refractivity contribution in [2.24, 2.45) is 0 Å². The third-order valence-electron chi connectivity index (χ3n) is 2.28. The SMILES string of the molecule is CNc1nc(-c2ccc(F)cc2)c(C(C)=O)s1. The molecule has 0 saturated carbocycles. The molecule has 1 heterocycles. The van der Waals surface area contributed by atoms with Gasteiger partial charge in [-0.1, -0.05) is 11.3 Å². The second kappa shape index (κ2) is 4.63. The summed E-state index contributed by atoms with van der Waals surface area (Å²) in [6, 6.07) is 5.96. The Kier molecular flexibility index (Phi) is 3.19. The average Bonchev–Trinajstić information content (AvgIpc) is 2.74. The fraction of sp³-hybridized carbons (Fsp3) is 0.167. The zero-order valence-electron chi connectivity index (χ0n) is 9.45. The van der Waals surface area contributed by atoms with Crippen molar-refractivity contribution in [1.82, 2.24) is 4.98 Å². The number of carbonyl (C=O) groups is 1. The van der Waals surface area contributed by atoms with Crippen molar-refractivity contribution in [2.45, 2.75) is 6.92 Å². The Balaban J connectivity index is 2.53. The minimum Gasteiger partial charge on any atom is -0.365 e. The second-order valence-corrected chi connectivity index (χ2v) is 4.51. The minimum absolute atomic E-state index is 0.0386. The standard InChI is InChI=1S/C12H11FN2OS/c1-7(16)11-10(15-12(14-2)17-11)8-3-5-9(13)6-4-8/h3-6H,1-2H3,(H,14,15). The number of nitrogens with one attached hydrogen (secondary N) is 1. The molecule has 0 aliphatic rings. The van der Waals surface area contributed by atoms with Crippen molar-refractivity contribution in [3.63, 3.8) is 0 Å². The van der Waals surface area contributed by atoms with Gasteiger partial charge in [0.25, 0.3) is 0 Å². The van der Waals surface area contributed by atoms with Gasteiger partial charge >= 0.3 is 0 Å². The first-order chi connectivity index (χ1) is 8.11. The van der Waals surface area contributed by atoms with Crippen LogP contribution in [0.2, 0.25) is 0 Å². The number of thiazole rings is 1. The van der Waals surface area contributed by atoms with E-state index >= 15 is 0 Å². The van der Waals surface area contributed by atoms with Gasteiger partial charge in [-0.3, -0.25) is 4.79 Å². The molecule has 0 atom stereocenters. The van der Waals surface area contributed by atoms with E-state index in [0.717, 1.165) is 5.56 Å². The first-order valence-corrected chi connectivity index (χ1v) is 5.89. The molecule has 0 spiro atoms. The summed E-state index contributed by atoms with van der Waals surface area (Å²) in [5.74, 6) is -0.342. The molecule has 0 radical (unpaired) electrons. The number of carbonyl (C=O) groups excluding carboxylic acids is 1. The zero-order chi connectivity index (χ0) is 12.4. The molecule has 0 fully saturated rings. The number of aromatic nitrogens is 1. The van der Waals surface area contributed by atoms with Crippen LogP contribution in [0.5, 0.6) is 0 Å². The minimum atomic E-state index is -0.304. The van der Waals surface area contributed by atoms with Gasteiger partial charge in [0.1, 0.15) is 5.82 Å². The predicted octanol–water partition coefficient (Wildman–Crippen LogP) is 3.19. The van der Waals surface area contributed by atoms with Gasteiger partial charge in [-0.05, 0) is 24.3 Å². The Hall–Kier alpha value is -1.75. The smallest absolute Gasteiger partial charge is 0.183 e. The lowest BCUT2D eigenvalue weighted by atomic mass is 10.1. The predicted molar refractivity (Wildman–Crippen MR) is 67.1 cm³/mol. The van der Waals surface area contributed by atoms with Crippen LogP contribution in [0.25, 0.3) is 11.3 Å². The van der Waals surface area contributed by atoms with E-state index in [1.165, 1.54) is 30.4 Å². The van der Waals surface area contributed by atoms with Gasteiger partial charge in [0.2, 0.25) is 0 Å². The summed E-state index contributed by atoms with van der Waals surface area (Å²) in [4.78, 5) is 16.4. The molecule has 0 bridgehead atoms. The lowest BCUT2D eigenvalue weighted by Crippen LogP contribution is -1.92. The number of halogens is 1. The van der Waals surface area contributed by atoms with Crippen molar-refractivity contribution in [1.29, 1.82) is 0 Å². The van der Waals surface area contributed by atoms with Crippen LogP contribution in [0.1, 0.15) is 16.6 Å². The van der Waals surface area contributed by atoms with Crippen LogP contribution < -0.4 is 5.32 Å². The summed E-state index contributed by atoms with van der Waals surface area (Å²) in [5, 5.41) is 3.58. The summed E-state index contributed by atoms with van der Waals surface area (Å²) < 4.78 is 12.8. The van der Waals surface area contributed by atoms with E-state index in [1.807, 2.05) is 0 Å². The number of anilines is 1. The highest BCUT2D eigenvalue weighted by atomic mass is 32.1. The highest BCUT2D eigenvalue weighted by molar-refractivity contribution is 7.18. The van der Waals surface area contributed by atoms with Crippen molar-refractivity contribution in [3.05, 3.63) is 35.0 Å². The van der Waals surface area contributed by atoms with Gasteiger partial charge in [0.05, 0.1) is 10.6 Å². The Morgan fingerprint density at radius 1 is 1.35 bits per heavy atom. The maximum absolute atomic E-state index is 12.8. The molecule has 1 aromatic carbocycles. The molecule has 5 heteroatoms. The molecule has 2 rings (SSSR count). The van der Waals surface area contributed by atoms with E-state index in [9.17, 15) is 9.18 Å². The van der Waals surface area contributed by atoms with Crippen LogP contribution in [0.15, 0.2) is 24.3 Å². The van der Waals surface area contributed by atoms with E-state index in [-0.39, 0.29) is 11.6 Å². The highest BCUT2D eigenvalue weighted by Gasteiger charge is 2.15. The monoisotopic (exact) mass is 250 g/mol. The van der Waals surface area contributed by atoms with E-state index < -0.39 is 0 Å². The highest BCUT2D eigenvalue weighted by Crippen LogP contribution is 2.31. The molecule has 0 unspecified atom stereocenters. The maximum Gasteiger partial charge on any atom is 0.183 e.